The molecule has 1 aromatic heterocycles. The second-order valence-corrected chi connectivity index (χ2v) is 4.21. The van der Waals surface area contributed by atoms with Crippen LogP contribution in [0.2, 0.25) is 0 Å². The first kappa shape index (κ1) is 11.8. The van der Waals surface area contributed by atoms with Gasteiger partial charge in [-0.25, -0.2) is 4.98 Å². The Morgan fingerprint density at radius 1 is 1.20 bits per heavy atom. The minimum atomic E-state index is 0.423. The number of nitrogens with zero attached hydrogens (tertiary/aromatic N) is 2. The van der Waals surface area contributed by atoms with Crippen molar-refractivity contribution >= 4 is 11.6 Å². The summed E-state index contributed by atoms with van der Waals surface area (Å²) >= 11 is 0. The fraction of sp³-hybridized carbons (Fsp3) is 0.636. The molecule has 15 heavy (non-hydrogen) atoms. The Kier molecular flexibility index (Phi) is 4.34. The molecule has 1 rings (SSSR count). The van der Waals surface area contributed by atoms with Gasteiger partial charge >= 0.3 is 0 Å². The van der Waals surface area contributed by atoms with Crippen LogP contribution in [0.5, 0.6) is 0 Å². The lowest BCUT2D eigenvalue weighted by molar-refractivity contribution is 0.539. The maximum absolute atomic E-state index is 4.35. The van der Waals surface area contributed by atoms with E-state index in [-0.39, 0.29) is 0 Å². The lowest BCUT2D eigenvalue weighted by atomic mass is 10.1. The monoisotopic (exact) mass is 208 g/mol. The lowest BCUT2D eigenvalue weighted by Crippen LogP contribution is -2.18. The highest BCUT2D eigenvalue weighted by molar-refractivity contribution is 5.41. The quantitative estimate of drug-likeness (QED) is 0.780. The van der Waals surface area contributed by atoms with Crippen LogP contribution in [0.1, 0.15) is 27.2 Å². The molecule has 0 aliphatic heterocycles. The third-order valence-electron chi connectivity index (χ3n) is 2.11. The highest BCUT2D eigenvalue weighted by Crippen LogP contribution is 2.11. The molecule has 1 heterocycles. The van der Waals surface area contributed by atoms with E-state index in [1.807, 2.05) is 7.05 Å². The molecule has 0 aliphatic rings. The first-order chi connectivity index (χ1) is 7.11. The topological polar surface area (TPSA) is 49.8 Å². The van der Waals surface area contributed by atoms with Crippen molar-refractivity contribution in [2.24, 2.45) is 5.92 Å². The van der Waals surface area contributed by atoms with Crippen LogP contribution in [-0.4, -0.2) is 23.1 Å². The van der Waals surface area contributed by atoms with Gasteiger partial charge < -0.3 is 10.6 Å². The average molecular weight is 208 g/mol. The summed E-state index contributed by atoms with van der Waals surface area (Å²) in [6.07, 6.45) is 4.58. The Morgan fingerprint density at radius 2 is 1.87 bits per heavy atom. The number of nitrogens with one attached hydrogen (secondary N) is 2. The summed E-state index contributed by atoms with van der Waals surface area (Å²) in [5.41, 5.74) is 0. The molecule has 0 aliphatic carbocycles. The van der Waals surface area contributed by atoms with Crippen molar-refractivity contribution in [1.82, 2.24) is 9.97 Å². The van der Waals surface area contributed by atoms with Crippen LogP contribution < -0.4 is 10.6 Å². The Bertz CT molecular complexity index is 298. The predicted octanol–water partition coefficient (Wildman–Crippen LogP) is 2.36. The summed E-state index contributed by atoms with van der Waals surface area (Å²) in [7, 11) is 1.84. The molecule has 84 valence electrons. The predicted molar refractivity (Wildman–Crippen MR) is 64.1 cm³/mol. The summed E-state index contributed by atoms with van der Waals surface area (Å²) in [6.45, 7) is 6.59. The molecular weight excluding hydrogens is 188 g/mol. The number of hydrogen-bond donors (Lipinski definition) is 2. The number of hydrogen-bond acceptors (Lipinski definition) is 4. The normalized spacial score (nSPS) is 12.6. The second-order valence-electron chi connectivity index (χ2n) is 4.21. The van der Waals surface area contributed by atoms with Gasteiger partial charge in [0.2, 0.25) is 0 Å². The Balaban J connectivity index is 2.55. The summed E-state index contributed by atoms with van der Waals surface area (Å²) in [6, 6.07) is 0.423. The van der Waals surface area contributed by atoms with Gasteiger partial charge in [-0.15, -0.1) is 0 Å². The highest BCUT2D eigenvalue weighted by atomic mass is 15.1. The lowest BCUT2D eigenvalue weighted by Gasteiger charge is -2.16. The van der Waals surface area contributed by atoms with E-state index in [0.717, 1.165) is 18.1 Å². The maximum Gasteiger partial charge on any atom is 0.147 e. The van der Waals surface area contributed by atoms with Crippen LogP contribution in [-0.2, 0) is 0 Å². The summed E-state index contributed by atoms with van der Waals surface area (Å²) in [5.74, 6) is 2.31. The zero-order valence-electron chi connectivity index (χ0n) is 9.91. The Labute approximate surface area is 91.5 Å². The Hall–Kier alpha value is -1.32. The third-order valence-corrected chi connectivity index (χ3v) is 2.11. The van der Waals surface area contributed by atoms with Crippen molar-refractivity contribution in [2.75, 3.05) is 17.7 Å². The zero-order chi connectivity index (χ0) is 11.3. The molecule has 0 amide bonds. The number of rotatable bonds is 5. The van der Waals surface area contributed by atoms with Crippen molar-refractivity contribution < 1.29 is 0 Å². The van der Waals surface area contributed by atoms with Crippen LogP contribution >= 0.6 is 0 Å². The molecule has 0 radical (unpaired) electrons. The van der Waals surface area contributed by atoms with Gasteiger partial charge in [-0.3, -0.25) is 4.98 Å². The van der Waals surface area contributed by atoms with Crippen molar-refractivity contribution in [1.29, 1.82) is 0 Å². The fourth-order valence-corrected chi connectivity index (χ4v) is 1.57. The molecule has 0 aromatic carbocycles. The smallest absolute Gasteiger partial charge is 0.147 e. The molecule has 4 nitrogen and oxygen atoms in total. The van der Waals surface area contributed by atoms with Gasteiger partial charge in [0.15, 0.2) is 0 Å². The van der Waals surface area contributed by atoms with E-state index in [2.05, 4.69) is 41.4 Å². The van der Waals surface area contributed by atoms with Crippen molar-refractivity contribution in [3.63, 3.8) is 0 Å². The van der Waals surface area contributed by atoms with Crippen LogP contribution in [0, 0.1) is 5.92 Å². The van der Waals surface area contributed by atoms with Crippen molar-refractivity contribution in [2.45, 2.75) is 33.2 Å². The van der Waals surface area contributed by atoms with Gasteiger partial charge in [-0.2, -0.15) is 0 Å². The van der Waals surface area contributed by atoms with E-state index in [1.165, 1.54) is 0 Å². The summed E-state index contributed by atoms with van der Waals surface area (Å²) < 4.78 is 0. The highest BCUT2D eigenvalue weighted by Gasteiger charge is 2.05. The van der Waals surface area contributed by atoms with Crippen molar-refractivity contribution in [3.05, 3.63) is 12.4 Å². The van der Waals surface area contributed by atoms with Crippen LogP contribution in [0.3, 0.4) is 0 Å². The molecular formula is C11H20N4. The first-order valence-corrected chi connectivity index (χ1v) is 5.38. The minimum Gasteiger partial charge on any atom is -0.372 e. The van der Waals surface area contributed by atoms with Gasteiger partial charge in [0, 0.05) is 13.1 Å². The molecule has 0 fully saturated rings. The molecule has 4 heteroatoms. The molecule has 1 atom stereocenters. The molecule has 2 N–H and O–H groups in total. The van der Waals surface area contributed by atoms with E-state index in [0.29, 0.717) is 12.0 Å². The summed E-state index contributed by atoms with van der Waals surface area (Å²) in [5, 5.41) is 6.30. The average Bonchev–Trinajstić information content (AvgIpc) is 2.16. The zero-order valence-corrected chi connectivity index (χ0v) is 9.91. The molecule has 0 bridgehead atoms. The van der Waals surface area contributed by atoms with Gasteiger partial charge in [0.1, 0.15) is 11.6 Å². The van der Waals surface area contributed by atoms with E-state index < -0.39 is 0 Å². The summed E-state index contributed by atoms with van der Waals surface area (Å²) in [4.78, 5) is 8.45. The minimum absolute atomic E-state index is 0.423. The molecule has 0 saturated heterocycles. The van der Waals surface area contributed by atoms with Crippen molar-refractivity contribution in [3.8, 4) is 0 Å². The van der Waals surface area contributed by atoms with E-state index >= 15 is 0 Å². The maximum atomic E-state index is 4.35. The van der Waals surface area contributed by atoms with E-state index in [9.17, 15) is 0 Å². The molecule has 1 unspecified atom stereocenters. The SMILES string of the molecule is CNc1cncc(NC(C)CC(C)C)n1. The van der Waals surface area contributed by atoms with Crippen LogP contribution in [0.25, 0.3) is 0 Å². The van der Waals surface area contributed by atoms with E-state index in [4.69, 9.17) is 0 Å². The first-order valence-electron chi connectivity index (χ1n) is 5.38. The second kappa shape index (κ2) is 5.53. The molecule has 0 spiro atoms. The van der Waals surface area contributed by atoms with Gasteiger partial charge in [-0.05, 0) is 19.3 Å². The number of anilines is 2. The molecule has 1 aromatic rings. The number of aromatic nitrogens is 2. The van der Waals surface area contributed by atoms with Gasteiger partial charge in [0.25, 0.3) is 0 Å². The van der Waals surface area contributed by atoms with Crippen LogP contribution in [0.4, 0.5) is 11.6 Å². The standard InChI is InChI=1S/C11H20N4/c1-8(2)5-9(3)14-11-7-13-6-10(12-4)15-11/h6-9H,5H2,1-4H3,(H2,12,14,15). The largest absolute Gasteiger partial charge is 0.372 e. The van der Waals surface area contributed by atoms with Crippen LogP contribution in [0.15, 0.2) is 12.4 Å². The Morgan fingerprint density at radius 3 is 2.47 bits per heavy atom. The van der Waals surface area contributed by atoms with E-state index in [1.54, 1.807) is 12.4 Å². The fourth-order valence-electron chi connectivity index (χ4n) is 1.57. The molecule has 0 saturated carbocycles. The van der Waals surface area contributed by atoms with Gasteiger partial charge in [0.05, 0.1) is 12.4 Å². The van der Waals surface area contributed by atoms with Gasteiger partial charge in [-0.1, -0.05) is 13.8 Å². The third kappa shape index (κ3) is 4.14.